The van der Waals surface area contributed by atoms with Crippen LogP contribution in [0.2, 0.25) is 0 Å². The van der Waals surface area contributed by atoms with Gasteiger partial charge in [-0.25, -0.2) is 4.98 Å². The SMILES string of the molecule is O=C(CN1CCN(Cc2nc(-c3ccccc3)c(-c3ccccc3)o2)CC1)Nc1ccccc1. The molecule has 0 unspecified atom stereocenters. The number of para-hydroxylation sites is 1. The molecule has 1 aromatic heterocycles. The molecule has 5 rings (SSSR count). The molecule has 6 nitrogen and oxygen atoms in total. The molecule has 1 amide bonds. The largest absolute Gasteiger partial charge is 0.439 e. The Hall–Kier alpha value is -3.74. The number of carbonyl (C=O) groups is 1. The highest BCUT2D eigenvalue weighted by molar-refractivity contribution is 5.92. The maximum Gasteiger partial charge on any atom is 0.238 e. The smallest absolute Gasteiger partial charge is 0.238 e. The average molecular weight is 453 g/mol. The molecule has 172 valence electrons. The van der Waals surface area contributed by atoms with Crippen molar-refractivity contribution in [3.05, 3.63) is 96.9 Å². The summed E-state index contributed by atoms with van der Waals surface area (Å²) in [4.78, 5) is 21.8. The Labute approximate surface area is 199 Å². The molecule has 1 saturated heterocycles. The lowest BCUT2D eigenvalue weighted by atomic mass is 10.1. The van der Waals surface area contributed by atoms with Gasteiger partial charge in [0.25, 0.3) is 0 Å². The number of benzene rings is 3. The summed E-state index contributed by atoms with van der Waals surface area (Å²) in [5.41, 5.74) is 3.77. The van der Waals surface area contributed by atoms with Crippen molar-refractivity contribution in [2.75, 3.05) is 38.0 Å². The molecular formula is C28H28N4O2. The van der Waals surface area contributed by atoms with Crippen molar-refractivity contribution in [3.8, 4) is 22.6 Å². The third-order valence-corrected chi connectivity index (χ3v) is 6.00. The van der Waals surface area contributed by atoms with Crippen LogP contribution in [0.25, 0.3) is 22.6 Å². The zero-order chi connectivity index (χ0) is 23.2. The first-order valence-corrected chi connectivity index (χ1v) is 11.6. The average Bonchev–Trinajstić information content (AvgIpc) is 3.31. The van der Waals surface area contributed by atoms with Gasteiger partial charge in [0.2, 0.25) is 11.8 Å². The Morgan fingerprint density at radius 2 is 1.32 bits per heavy atom. The van der Waals surface area contributed by atoms with Gasteiger partial charge in [0.05, 0.1) is 13.1 Å². The molecule has 1 aliphatic rings. The summed E-state index contributed by atoms with van der Waals surface area (Å²) in [7, 11) is 0. The number of aromatic nitrogens is 1. The van der Waals surface area contributed by atoms with Crippen LogP contribution in [-0.4, -0.2) is 53.4 Å². The van der Waals surface area contributed by atoms with Gasteiger partial charge < -0.3 is 9.73 Å². The van der Waals surface area contributed by atoms with Crippen LogP contribution in [0.5, 0.6) is 0 Å². The highest BCUT2D eigenvalue weighted by atomic mass is 16.4. The normalized spacial score (nSPS) is 14.7. The number of nitrogens with one attached hydrogen (secondary N) is 1. The molecule has 0 aliphatic carbocycles. The molecule has 34 heavy (non-hydrogen) atoms. The van der Waals surface area contributed by atoms with E-state index in [1.165, 1.54) is 0 Å². The molecule has 0 saturated carbocycles. The van der Waals surface area contributed by atoms with Gasteiger partial charge >= 0.3 is 0 Å². The number of nitrogens with zero attached hydrogens (tertiary/aromatic N) is 3. The van der Waals surface area contributed by atoms with Crippen molar-refractivity contribution in [1.82, 2.24) is 14.8 Å². The third-order valence-electron chi connectivity index (χ3n) is 6.00. The predicted molar refractivity (Wildman–Crippen MR) is 134 cm³/mol. The highest BCUT2D eigenvalue weighted by Gasteiger charge is 2.22. The Morgan fingerprint density at radius 3 is 1.97 bits per heavy atom. The topological polar surface area (TPSA) is 61.6 Å². The highest BCUT2D eigenvalue weighted by Crippen LogP contribution is 2.33. The number of hydrogen-bond donors (Lipinski definition) is 1. The number of amides is 1. The number of carbonyl (C=O) groups excluding carboxylic acids is 1. The zero-order valence-electron chi connectivity index (χ0n) is 19.1. The quantitative estimate of drug-likeness (QED) is 0.438. The maximum atomic E-state index is 12.4. The zero-order valence-corrected chi connectivity index (χ0v) is 19.1. The fourth-order valence-corrected chi connectivity index (χ4v) is 4.23. The van der Waals surface area contributed by atoms with E-state index in [-0.39, 0.29) is 5.91 Å². The second kappa shape index (κ2) is 10.5. The number of anilines is 1. The van der Waals surface area contributed by atoms with Gasteiger partial charge in [-0.15, -0.1) is 0 Å². The minimum absolute atomic E-state index is 0.0207. The Morgan fingerprint density at radius 1 is 0.765 bits per heavy atom. The minimum Gasteiger partial charge on any atom is -0.439 e. The van der Waals surface area contributed by atoms with Crippen LogP contribution >= 0.6 is 0 Å². The summed E-state index contributed by atoms with van der Waals surface area (Å²) in [6, 6.07) is 29.9. The van der Waals surface area contributed by atoms with Crippen LogP contribution in [0.3, 0.4) is 0 Å². The summed E-state index contributed by atoms with van der Waals surface area (Å²) in [6.07, 6.45) is 0. The fraction of sp³-hybridized carbons (Fsp3) is 0.214. The molecule has 1 aliphatic heterocycles. The lowest BCUT2D eigenvalue weighted by Gasteiger charge is -2.33. The van der Waals surface area contributed by atoms with Crippen LogP contribution in [0, 0.1) is 0 Å². The lowest BCUT2D eigenvalue weighted by molar-refractivity contribution is -0.117. The van der Waals surface area contributed by atoms with Gasteiger partial charge in [-0.05, 0) is 12.1 Å². The number of piperazine rings is 1. The van der Waals surface area contributed by atoms with E-state index in [0.717, 1.165) is 54.4 Å². The summed E-state index contributed by atoms with van der Waals surface area (Å²) in [6.45, 7) is 4.44. The molecular weight excluding hydrogens is 424 g/mol. The van der Waals surface area contributed by atoms with Gasteiger partial charge in [-0.1, -0.05) is 78.9 Å². The van der Waals surface area contributed by atoms with Crippen LogP contribution in [0.15, 0.2) is 95.4 Å². The van der Waals surface area contributed by atoms with Gasteiger partial charge in [-0.2, -0.15) is 0 Å². The molecule has 0 atom stereocenters. The van der Waals surface area contributed by atoms with Crippen molar-refractivity contribution < 1.29 is 9.21 Å². The van der Waals surface area contributed by atoms with Crippen LogP contribution in [0.4, 0.5) is 5.69 Å². The van der Waals surface area contributed by atoms with E-state index in [9.17, 15) is 4.79 Å². The molecule has 0 radical (unpaired) electrons. The van der Waals surface area contributed by atoms with Crippen LogP contribution in [-0.2, 0) is 11.3 Å². The Bertz CT molecular complexity index is 1140. The van der Waals surface area contributed by atoms with Crippen molar-refractivity contribution in [1.29, 1.82) is 0 Å². The third kappa shape index (κ3) is 5.42. The molecule has 3 aromatic carbocycles. The van der Waals surface area contributed by atoms with Gasteiger partial charge in [0, 0.05) is 43.0 Å². The van der Waals surface area contributed by atoms with E-state index < -0.39 is 0 Å². The molecule has 1 fully saturated rings. The summed E-state index contributed by atoms with van der Waals surface area (Å²) >= 11 is 0. The van der Waals surface area contributed by atoms with Gasteiger partial charge in [0.15, 0.2) is 5.76 Å². The standard InChI is InChI=1S/C28H28N4O2/c33-25(29-24-14-8-3-9-15-24)20-31-16-18-32(19-17-31)21-26-30-27(22-10-4-1-5-11-22)28(34-26)23-12-6-2-7-13-23/h1-15H,16-21H2,(H,29,33). The lowest BCUT2D eigenvalue weighted by Crippen LogP contribution is -2.48. The first-order chi connectivity index (χ1) is 16.7. The molecule has 4 aromatic rings. The van der Waals surface area contributed by atoms with Crippen molar-refractivity contribution in [2.24, 2.45) is 0 Å². The maximum absolute atomic E-state index is 12.4. The van der Waals surface area contributed by atoms with E-state index in [0.29, 0.717) is 19.0 Å². The second-order valence-corrected chi connectivity index (χ2v) is 8.48. The van der Waals surface area contributed by atoms with E-state index in [2.05, 4.69) is 39.4 Å². The second-order valence-electron chi connectivity index (χ2n) is 8.48. The molecule has 2 heterocycles. The van der Waals surface area contributed by atoms with Crippen molar-refractivity contribution in [3.63, 3.8) is 0 Å². The molecule has 0 spiro atoms. The summed E-state index contributed by atoms with van der Waals surface area (Å²) < 4.78 is 6.29. The summed E-state index contributed by atoms with van der Waals surface area (Å²) in [5.74, 6) is 1.54. The van der Waals surface area contributed by atoms with Crippen molar-refractivity contribution in [2.45, 2.75) is 6.54 Å². The van der Waals surface area contributed by atoms with E-state index in [4.69, 9.17) is 9.40 Å². The molecule has 1 N–H and O–H groups in total. The van der Waals surface area contributed by atoms with E-state index in [1.807, 2.05) is 66.7 Å². The Kier molecular flexibility index (Phi) is 6.79. The predicted octanol–water partition coefficient (Wildman–Crippen LogP) is 4.76. The van der Waals surface area contributed by atoms with Crippen molar-refractivity contribution >= 4 is 11.6 Å². The summed E-state index contributed by atoms with van der Waals surface area (Å²) in [5, 5.41) is 2.96. The Balaban J connectivity index is 1.22. The fourth-order valence-electron chi connectivity index (χ4n) is 4.23. The van der Waals surface area contributed by atoms with Crippen LogP contribution in [0.1, 0.15) is 5.89 Å². The van der Waals surface area contributed by atoms with Crippen LogP contribution < -0.4 is 5.32 Å². The first kappa shape index (κ1) is 22.1. The molecule has 0 bridgehead atoms. The van der Waals surface area contributed by atoms with Gasteiger partial charge in [0.1, 0.15) is 5.69 Å². The first-order valence-electron chi connectivity index (χ1n) is 11.6. The number of hydrogen-bond acceptors (Lipinski definition) is 5. The van der Waals surface area contributed by atoms with E-state index in [1.54, 1.807) is 0 Å². The number of oxazole rings is 1. The monoisotopic (exact) mass is 452 g/mol. The minimum atomic E-state index is 0.0207. The van der Waals surface area contributed by atoms with Gasteiger partial charge in [-0.3, -0.25) is 14.6 Å². The molecule has 6 heteroatoms. The van der Waals surface area contributed by atoms with E-state index >= 15 is 0 Å². The number of rotatable bonds is 7.